The van der Waals surface area contributed by atoms with E-state index in [0.717, 1.165) is 35.0 Å². The van der Waals surface area contributed by atoms with Crippen LogP contribution in [0, 0.1) is 0 Å². The minimum absolute atomic E-state index is 0.120. The molecule has 27 heavy (non-hydrogen) atoms. The van der Waals surface area contributed by atoms with Crippen LogP contribution in [-0.2, 0) is 4.74 Å². The number of nitrogens with zero attached hydrogens (tertiary/aromatic N) is 2. The second-order valence-electron chi connectivity index (χ2n) is 6.37. The zero-order valence-corrected chi connectivity index (χ0v) is 15.7. The predicted octanol–water partition coefficient (Wildman–Crippen LogP) is 4.42. The molecule has 1 atom stereocenters. The van der Waals surface area contributed by atoms with Crippen LogP contribution < -0.4 is 14.4 Å². The first-order valence-electron chi connectivity index (χ1n) is 9.22. The van der Waals surface area contributed by atoms with Crippen molar-refractivity contribution in [2.45, 2.75) is 13.2 Å². The van der Waals surface area contributed by atoms with E-state index in [1.165, 1.54) is 0 Å². The number of hydrogen-bond acceptors (Lipinski definition) is 4. The van der Waals surface area contributed by atoms with Crippen molar-refractivity contribution in [3.63, 3.8) is 0 Å². The second kappa shape index (κ2) is 7.76. The molecule has 1 aliphatic rings. The Morgan fingerprint density at radius 2 is 1.89 bits per heavy atom. The molecule has 0 saturated carbocycles. The predicted molar refractivity (Wildman–Crippen MR) is 106 cm³/mol. The van der Waals surface area contributed by atoms with Crippen LogP contribution in [0.4, 0.5) is 5.69 Å². The van der Waals surface area contributed by atoms with Crippen molar-refractivity contribution in [1.82, 2.24) is 4.57 Å². The summed E-state index contributed by atoms with van der Waals surface area (Å²) in [5.74, 6) is 1.74. The molecule has 3 aromatic rings. The van der Waals surface area contributed by atoms with E-state index < -0.39 is 0 Å². The lowest BCUT2D eigenvalue weighted by Crippen LogP contribution is -2.23. The van der Waals surface area contributed by atoms with Gasteiger partial charge in [-0.2, -0.15) is 0 Å². The van der Waals surface area contributed by atoms with Crippen LogP contribution in [0.25, 0.3) is 5.69 Å². The minimum Gasteiger partial charge on any atom is -0.495 e. The number of hydrogen-bond donors (Lipinski definition) is 0. The number of rotatable bonds is 6. The average molecular weight is 364 g/mol. The monoisotopic (exact) mass is 364 g/mol. The van der Waals surface area contributed by atoms with E-state index in [0.29, 0.717) is 13.2 Å². The molecule has 0 spiro atoms. The molecule has 2 aromatic carbocycles. The van der Waals surface area contributed by atoms with Crippen molar-refractivity contribution >= 4 is 5.69 Å². The van der Waals surface area contributed by atoms with Crippen molar-refractivity contribution in [2.75, 3.05) is 31.8 Å². The molecule has 2 heterocycles. The Hall–Kier alpha value is -2.92. The van der Waals surface area contributed by atoms with Gasteiger partial charge in [0.1, 0.15) is 11.5 Å². The number of aromatic nitrogens is 1. The zero-order chi connectivity index (χ0) is 18.6. The van der Waals surface area contributed by atoms with E-state index in [4.69, 9.17) is 14.2 Å². The molecule has 1 unspecified atom stereocenters. The smallest absolute Gasteiger partial charge is 0.158 e. The highest BCUT2D eigenvalue weighted by Crippen LogP contribution is 2.37. The molecule has 1 aliphatic heterocycles. The fourth-order valence-electron chi connectivity index (χ4n) is 3.46. The van der Waals surface area contributed by atoms with Gasteiger partial charge in [-0.25, -0.2) is 0 Å². The van der Waals surface area contributed by atoms with E-state index in [9.17, 15) is 0 Å². The Morgan fingerprint density at radius 3 is 2.67 bits per heavy atom. The SMILES string of the molecule is CCOc1ccc(-n2ccc(C3OCCN3c3ccccc3OC)c2)cc1. The summed E-state index contributed by atoms with van der Waals surface area (Å²) < 4.78 is 19.2. The van der Waals surface area contributed by atoms with Crippen LogP contribution in [-0.4, -0.2) is 31.4 Å². The molecule has 0 amide bonds. The average Bonchev–Trinajstić information content (AvgIpc) is 3.38. The summed E-state index contributed by atoms with van der Waals surface area (Å²) >= 11 is 0. The van der Waals surface area contributed by atoms with E-state index in [1.807, 2.05) is 37.3 Å². The summed E-state index contributed by atoms with van der Waals surface area (Å²) in [6.07, 6.45) is 4.06. The molecule has 0 N–H and O–H groups in total. The first-order chi connectivity index (χ1) is 13.3. The molecule has 1 aromatic heterocycles. The third-order valence-electron chi connectivity index (χ3n) is 4.73. The Balaban J connectivity index is 1.58. The normalized spacial score (nSPS) is 16.5. The maximum atomic E-state index is 6.04. The van der Waals surface area contributed by atoms with E-state index >= 15 is 0 Å². The van der Waals surface area contributed by atoms with Gasteiger partial charge in [0.15, 0.2) is 6.23 Å². The van der Waals surface area contributed by atoms with E-state index in [-0.39, 0.29) is 6.23 Å². The maximum absolute atomic E-state index is 6.04. The summed E-state index contributed by atoms with van der Waals surface area (Å²) in [4.78, 5) is 2.25. The highest BCUT2D eigenvalue weighted by Gasteiger charge is 2.29. The van der Waals surface area contributed by atoms with Crippen molar-refractivity contribution in [3.05, 3.63) is 72.6 Å². The summed E-state index contributed by atoms with van der Waals surface area (Å²) in [5, 5.41) is 0. The van der Waals surface area contributed by atoms with Gasteiger partial charge in [-0.05, 0) is 49.4 Å². The van der Waals surface area contributed by atoms with Crippen LogP contribution in [0.3, 0.4) is 0 Å². The number of anilines is 1. The fraction of sp³-hybridized carbons (Fsp3) is 0.273. The number of methoxy groups -OCH3 is 1. The van der Waals surface area contributed by atoms with Gasteiger partial charge in [0, 0.05) is 30.2 Å². The largest absolute Gasteiger partial charge is 0.495 e. The summed E-state index contributed by atoms with van der Waals surface area (Å²) in [7, 11) is 1.70. The van der Waals surface area contributed by atoms with Crippen LogP contribution in [0.2, 0.25) is 0 Å². The van der Waals surface area contributed by atoms with Crippen molar-refractivity contribution in [1.29, 1.82) is 0 Å². The Kier molecular flexibility index (Phi) is 5.03. The zero-order valence-electron chi connectivity index (χ0n) is 15.7. The van der Waals surface area contributed by atoms with Crippen molar-refractivity contribution in [3.8, 4) is 17.2 Å². The van der Waals surface area contributed by atoms with Gasteiger partial charge in [-0.3, -0.25) is 0 Å². The van der Waals surface area contributed by atoms with E-state index in [1.54, 1.807) is 7.11 Å². The topological polar surface area (TPSA) is 35.9 Å². The van der Waals surface area contributed by atoms with Gasteiger partial charge in [-0.15, -0.1) is 0 Å². The van der Waals surface area contributed by atoms with E-state index in [2.05, 4.69) is 46.1 Å². The molecule has 5 nitrogen and oxygen atoms in total. The Labute approximate surface area is 159 Å². The van der Waals surface area contributed by atoms with Crippen LogP contribution in [0.5, 0.6) is 11.5 Å². The van der Waals surface area contributed by atoms with Gasteiger partial charge < -0.3 is 23.7 Å². The molecule has 140 valence electrons. The van der Waals surface area contributed by atoms with Gasteiger partial charge in [0.2, 0.25) is 0 Å². The summed E-state index contributed by atoms with van der Waals surface area (Å²) in [6.45, 7) is 4.18. The molecule has 1 fully saturated rings. The van der Waals surface area contributed by atoms with Crippen molar-refractivity contribution in [2.24, 2.45) is 0 Å². The molecule has 1 saturated heterocycles. The lowest BCUT2D eigenvalue weighted by Gasteiger charge is -2.26. The van der Waals surface area contributed by atoms with Gasteiger partial charge in [-0.1, -0.05) is 12.1 Å². The van der Waals surface area contributed by atoms with Crippen LogP contribution >= 0.6 is 0 Å². The third-order valence-corrected chi connectivity index (χ3v) is 4.73. The number of para-hydroxylation sites is 2. The van der Waals surface area contributed by atoms with Crippen LogP contribution in [0.1, 0.15) is 18.7 Å². The fourth-order valence-corrected chi connectivity index (χ4v) is 3.46. The first kappa shape index (κ1) is 17.5. The van der Waals surface area contributed by atoms with Crippen molar-refractivity contribution < 1.29 is 14.2 Å². The molecular weight excluding hydrogens is 340 g/mol. The lowest BCUT2D eigenvalue weighted by atomic mass is 10.2. The summed E-state index contributed by atoms with van der Waals surface area (Å²) in [6, 6.07) is 18.3. The Bertz CT molecular complexity index is 889. The summed E-state index contributed by atoms with van der Waals surface area (Å²) in [5.41, 5.74) is 3.26. The standard InChI is InChI=1S/C22H24N2O3/c1-3-26-19-10-8-18(9-11-19)23-13-12-17(16-23)22-24(14-15-27-22)20-6-4-5-7-21(20)25-2/h4-13,16,22H,3,14-15H2,1-2H3. The van der Waals surface area contributed by atoms with Crippen LogP contribution in [0.15, 0.2) is 67.0 Å². The lowest BCUT2D eigenvalue weighted by molar-refractivity contribution is 0.113. The second-order valence-corrected chi connectivity index (χ2v) is 6.37. The Morgan fingerprint density at radius 1 is 1.07 bits per heavy atom. The molecule has 0 aliphatic carbocycles. The highest BCUT2D eigenvalue weighted by atomic mass is 16.5. The minimum atomic E-state index is -0.120. The number of benzene rings is 2. The molecule has 4 rings (SSSR count). The molecule has 5 heteroatoms. The quantitative estimate of drug-likeness (QED) is 0.649. The number of ether oxygens (including phenoxy) is 3. The first-order valence-corrected chi connectivity index (χ1v) is 9.22. The third kappa shape index (κ3) is 3.51. The van der Waals surface area contributed by atoms with Gasteiger partial charge >= 0.3 is 0 Å². The molecule has 0 radical (unpaired) electrons. The van der Waals surface area contributed by atoms with Gasteiger partial charge in [0.05, 0.1) is 26.0 Å². The molecular formula is C22H24N2O3. The van der Waals surface area contributed by atoms with Gasteiger partial charge in [0.25, 0.3) is 0 Å². The maximum Gasteiger partial charge on any atom is 0.158 e. The highest BCUT2D eigenvalue weighted by molar-refractivity contribution is 5.60. The molecule has 0 bridgehead atoms.